The molecule has 0 aliphatic rings. The fraction of sp³-hybridized carbons (Fsp3) is 0.455. The van der Waals surface area contributed by atoms with Gasteiger partial charge in [-0.05, 0) is 48.6 Å². The normalized spacial score (nSPS) is 13.7. The van der Waals surface area contributed by atoms with E-state index in [4.69, 9.17) is 0 Å². The molecular formula is C22H30. The molecule has 2 unspecified atom stereocenters. The van der Waals surface area contributed by atoms with Crippen LogP contribution in [0.5, 0.6) is 0 Å². The van der Waals surface area contributed by atoms with Crippen molar-refractivity contribution in [2.75, 3.05) is 0 Å². The highest BCUT2D eigenvalue weighted by atomic mass is 14.2. The predicted octanol–water partition coefficient (Wildman–Crippen LogP) is 6.93. The molecule has 0 heteroatoms. The molecule has 22 heavy (non-hydrogen) atoms. The zero-order valence-electron chi connectivity index (χ0n) is 14.2. The summed E-state index contributed by atoms with van der Waals surface area (Å²) in [6.45, 7) is 4.60. The summed E-state index contributed by atoms with van der Waals surface area (Å²) >= 11 is 0. The van der Waals surface area contributed by atoms with E-state index in [1.54, 1.807) is 0 Å². The van der Waals surface area contributed by atoms with Crippen LogP contribution in [0, 0.1) is 0 Å². The second kappa shape index (κ2) is 9.46. The minimum atomic E-state index is 0.717. The molecule has 2 aromatic carbocycles. The van der Waals surface area contributed by atoms with Gasteiger partial charge in [-0.3, -0.25) is 0 Å². The van der Waals surface area contributed by atoms with Crippen molar-refractivity contribution < 1.29 is 0 Å². The van der Waals surface area contributed by atoms with Crippen LogP contribution in [0.2, 0.25) is 0 Å². The summed E-state index contributed by atoms with van der Waals surface area (Å²) in [5, 5.41) is 0. The van der Waals surface area contributed by atoms with Crippen LogP contribution in [0.25, 0.3) is 0 Å². The molecule has 0 saturated heterocycles. The van der Waals surface area contributed by atoms with Gasteiger partial charge in [-0.2, -0.15) is 0 Å². The summed E-state index contributed by atoms with van der Waals surface area (Å²) < 4.78 is 0. The number of benzene rings is 2. The quantitative estimate of drug-likeness (QED) is 0.470. The lowest BCUT2D eigenvalue weighted by molar-refractivity contribution is 0.480. The number of rotatable bonds is 9. The van der Waals surface area contributed by atoms with Gasteiger partial charge in [0.15, 0.2) is 0 Å². The Hall–Kier alpha value is -1.56. The Kier molecular flexibility index (Phi) is 7.22. The van der Waals surface area contributed by atoms with Crippen molar-refractivity contribution in [2.24, 2.45) is 0 Å². The monoisotopic (exact) mass is 294 g/mol. The standard InChI is InChI=1S/C22H30/c1-3-11-19(21-13-7-5-8-14-21)17-18-20(12-4-2)22-15-9-6-10-16-22/h5-10,13-16,19-20H,3-4,11-12,17-18H2,1-2H3. The van der Waals surface area contributed by atoms with Crippen LogP contribution < -0.4 is 0 Å². The fourth-order valence-corrected chi connectivity index (χ4v) is 3.51. The third-order valence-electron chi connectivity index (χ3n) is 4.68. The van der Waals surface area contributed by atoms with E-state index in [1.807, 2.05) is 0 Å². The Labute approximate surface area is 136 Å². The molecule has 0 aromatic heterocycles. The Morgan fingerprint density at radius 3 is 1.23 bits per heavy atom. The van der Waals surface area contributed by atoms with Crippen molar-refractivity contribution in [1.82, 2.24) is 0 Å². The summed E-state index contributed by atoms with van der Waals surface area (Å²) in [6.07, 6.45) is 7.75. The van der Waals surface area contributed by atoms with Crippen LogP contribution in [0.15, 0.2) is 60.7 Å². The molecule has 0 aliphatic carbocycles. The lowest BCUT2D eigenvalue weighted by Gasteiger charge is -2.22. The molecule has 118 valence electrons. The highest BCUT2D eigenvalue weighted by Gasteiger charge is 2.15. The van der Waals surface area contributed by atoms with Gasteiger partial charge in [-0.1, -0.05) is 87.4 Å². The van der Waals surface area contributed by atoms with Crippen LogP contribution in [0.1, 0.15) is 75.3 Å². The molecule has 2 rings (SSSR count). The molecule has 2 atom stereocenters. The molecule has 0 spiro atoms. The first-order chi connectivity index (χ1) is 10.8. The van der Waals surface area contributed by atoms with Crippen LogP contribution >= 0.6 is 0 Å². The van der Waals surface area contributed by atoms with E-state index < -0.39 is 0 Å². The first-order valence-electron chi connectivity index (χ1n) is 8.95. The smallest absolute Gasteiger partial charge is 0.0162 e. The van der Waals surface area contributed by atoms with Crippen LogP contribution in [-0.4, -0.2) is 0 Å². The first kappa shape index (κ1) is 16.8. The van der Waals surface area contributed by atoms with E-state index in [2.05, 4.69) is 74.5 Å². The van der Waals surface area contributed by atoms with Crippen LogP contribution in [0.3, 0.4) is 0 Å². The van der Waals surface area contributed by atoms with Crippen molar-refractivity contribution in [3.63, 3.8) is 0 Å². The Morgan fingerprint density at radius 1 is 0.545 bits per heavy atom. The van der Waals surface area contributed by atoms with Gasteiger partial charge in [-0.15, -0.1) is 0 Å². The number of hydrogen-bond acceptors (Lipinski definition) is 0. The van der Waals surface area contributed by atoms with Gasteiger partial charge in [0.25, 0.3) is 0 Å². The first-order valence-corrected chi connectivity index (χ1v) is 8.95. The molecule has 0 N–H and O–H groups in total. The minimum absolute atomic E-state index is 0.717. The summed E-state index contributed by atoms with van der Waals surface area (Å²) in [7, 11) is 0. The van der Waals surface area contributed by atoms with Gasteiger partial charge in [0.1, 0.15) is 0 Å². The molecule has 0 saturated carbocycles. The Balaban J connectivity index is 2.03. The van der Waals surface area contributed by atoms with Crippen LogP contribution in [-0.2, 0) is 0 Å². The summed E-state index contributed by atoms with van der Waals surface area (Å²) in [5.41, 5.74) is 3.04. The highest BCUT2D eigenvalue weighted by Crippen LogP contribution is 2.33. The third-order valence-corrected chi connectivity index (χ3v) is 4.68. The van der Waals surface area contributed by atoms with Crippen molar-refractivity contribution in [3.05, 3.63) is 71.8 Å². The van der Waals surface area contributed by atoms with E-state index >= 15 is 0 Å². The average Bonchev–Trinajstić information content (AvgIpc) is 2.59. The lowest BCUT2D eigenvalue weighted by Crippen LogP contribution is -2.04. The Morgan fingerprint density at radius 2 is 0.909 bits per heavy atom. The predicted molar refractivity (Wildman–Crippen MR) is 97.4 cm³/mol. The van der Waals surface area contributed by atoms with Gasteiger partial charge in [0, 0.05) is 0 Å². The van der Waals surface area contributed by atoms with Gasteiger partial charge < -0.3 is 0 Å². The second-order valence-corrected chi connectivity index (χ2v) is 6.37. The van der Waals surface area contributed by atoms with E-state index in [1.165, 1.54) is 49.7 Å². The maximum Gasteiger partial charge on any atom is -0.0162 e. The van der Waals surface area contributed by atoms with Gasteiger partial charge in [0.05, 0.1) is 0 Å². The van der Waals surface area contributed by atoms with E-state index in [-0.39, 0.29) is 0 Å². The SMILES string of the molecule is CCCC(CCC(CCC)c1ccccc1)c1ccccc1. The largest absolute Gasteiger partial charge is 0.0654 e. The molecule has 0 heterocycles. The van der Waals surface area contributed by atoms with E-state index in [0.717, 1.165) is 0 Å². The molecule has 0 nitrogen and oxygen atoms in total. The van der Waals surface area contributed by atoms with Crippen LogP contribution in [0.4, 0.5) is 0 Å². The van der Waals surface area contributed by atoms with Crippen molar-refractivity contribution in [2.45, 2.75) is 64.2 Å². The number of hydrogen-bond donors (Lipinski definition) is 0. The zero-order valence-corrected chi connectivity index (χ0v) is 14.2. The molecule has 0 amide bonds. The van der Waals surface area contributed by atoms with Crippen molar-refractivity contribution in [1.29, 1.82) is 0 Å². The topological polar surface area (TPSA) is 0 Å². The van der Waals surface area contributed by atoms with Crippen molar-refractivity contribution >= 4 is 0 Å². The summed E-state index contributed by atoms with van der Waals surface area (Å²) in [6, 6.07) is 22.2. The zero-order chi connectivity index (χ0) is 15.6. The molecule has 0 fully saturated rings. The fourth-order valence-electron chi connectivity index (χ4n) is 3.51. The van der Waals surface area contributed by atoms with Crippen molar-refractivity contribution in [3.8, 4) is 0 Å². The molecular weight excluding hydrogens is 264 g/mol. The lowest BCUT2D eigenvalue weighted by atomic mass is 9.83. The maximum absolute atomic E-state index is 2.30. The molecule has 0 radical (unpaired) electrons. The van der Waals surface area contributed by atoms with E-state index in [0.29, 0.717) is 11.8 Å². The maximum atomic E-state index is 2.30. The minimum Gasteiger partial charge on any atom is -0.0654 e. The van der Waals surface area contributed by atoms with Gasteiger partial charge in [0.2, 0.25) is 0 Å². The van der Waals surface area contributed by atoms with E-state index in [9.17, 15) is 0 Å². The third kappa shape index (κ3) is 5.02. The van der Waals surface area contributed by atoms with Gasteiger partial charge in [-0.25, -0.2) is 0 Å². The summed E-state index contributed by atoms with van der Waals surface area (Å²) in [5.74, 6) is 1.43. The second-order valence-electron chi connectivity index (χ2n) is 6.37. The summed E-state index contributed by atoms with van der Waals surface area (Å²) in [4.78, 5) is 0. The molecule has 0 bridgehead atoms. The Bertz CT molecular complexity index is 451. The van der Waals surface area contributed by atoms with Gasteiger partial charge >= 0.3 is 0 Å². The molecule has 2 aromatic rings. The highest BCUT2D eigenvalue weighted by molar-refractivity contribution is 5.21. The average molecular weight is 294 g/mol. The molecule has 0 aliphatic heterocycles.